The molecule has 3 unspecified atom stereocenters. The lowest BCUT2D eigenvalue weighted by Crippen LogP contribution is -2.52. The van der Waals surface area contributed by atoms with Gasteiger partial charge in [-0.3, -0.25) is 0 Å². The van der Waals surface area contributed by atoms with Crippen LogP contribution in [0.25, 0.3) is 0 Å². The Hall–Kier alpha value is -1.18. The van der Waals surface area contributed by atoms with Gasteiger partial charge in [0.25, 0.3) is 0 Å². The molecule has 0 radical (unpaired) electrons. The highest BCUT2D eigenvalue weighted by Crippen LogP contribution is 2.59. The average molecular weight is 465 g/mol. The Morgan fingerprint density at radius 1 is 1.21 bits per heavy atom. The molecule has 5 atom stereocenters. The number of nitrogens with zero attached hydrogens (tertiary/aromatic N) is 2. The Kier molecular flexibility index (Phi) is 6.51. The number of carbonyl (C=O) groups is 1. The lowest BCUT2D eigenvalue weighted by Gasteiger charge is -2.42. The molecule has 1 saturated carbocycles. The molecule has 0 N–H and O–H groups in total. The van der Waals surface area contributed by atoms with Crippen LogP contribution in [0.1, 0.15) is 65.7 Å². The summed E-state index contributed by atoms with van der Waals surface area (Å²) in [4.78, 5) is 17.0. The molecular formula is C26H41FN2O4. The van der Waals surface area contributed by atoms with Gasteiger partial charge in [0.1, 0.15) is 12.3 Å². The molecule has 0 bridgehead atoms. The molecule has 1 spiro atoms. The molecule has 5 aliphatic rings. The highest BCUT2D eigenvalue weighted by molar-refractivity contribution is 5.68. The van der Waals surface area contributed by atoms with Gasteiger partial charge in [0, 0.05) is 32.1 Å². The summed E-state index contributed by atoms with van der Waals surface area (Å²) in [6, 6.07) is 0. The predicted molar refractivity (Wildman–Crippen MR) is 124 cm³/mol. The van der Waals surface area contributed by atoms with E-state index in [4.69, 9.17) is 14.2 Å². The predicted octanol–water partition coefficient (Wildman–Crippen LogP) is 4.33. The second-order valence-corrected chi connectivity index (χ2v) is 11.6. The van der Waals surface area contributed by atoms with Crippen molar-refractivity contribution in [2.75, 3.05) is 39.3 Å². The van der Waals surface area contributed by atoms with E-state index in [9.17, 15) is 9.18 Å². The van der Waals surface area contributed by atoms with E-state index in [2.05, 4.69) is 31.7 Å². The molecule has 7 heteroatoms. The number of epoxide rings is 2. The number of piperidine rings is 1. The van der Waals surface area contributed by atoms with E-state index in [1.165, 1.54) is 5.57 Å². The zero-order valence-corrected chi connectivity index (χ0v) is 20.6. The first-order valence-electron chi connectivity index (χ1n) is 13.0. The van der Waals surface area contributed by atoms with E-state index in [0.717, 1.165) is 71.4 Å². The van der Waals surface area contributed by atoms with Crippen LogP contribution >= 0.6 is 0 Å². The van der Waals surface area contributed by atoms with Crippen molar-refractivity contribution in [3.8, 4) is 0 Å². The second kappa shape index (κ2) is 9.12. The van der Waals surface area contributed by atoms with Crippen LogP contribution in [0.5, 0.6) is 0 Å². The van der Waals surface area contributed by atoms with Gasteiger partial charge in [-0.2, -0.15) is 0 Å². The first-order valence-corrected chi connectivity index (χ1v) is 13.0. The van der Waals surface area contributed by atoms with Gasteiger partial charge in [-0.1, -0.05) is 11.6 Å². The monoisotopic (exact) mass is 464 g/mol. The zero-order chi connectivity index (χ0) is 23.2. The van der Waals surface area contributed by atoms with Crippen molar-refractivity contribution < 1.29 is 23.4 Å². The van der Waals surface area contributed by atoms with Crippen LogP contribution < -0.4 is 0 Å². The molecule has 5 rings (SSSR count). The lowest BCUT2D eigenvalue weighted by molar-refractivity contribution is -0.0234. The summed E-state index contributed by atoms with van der Waals surface area (Å²) in [5, 5.41) is 0. The fourth-order valence-corrected chi connectivity index (χ4v) is 6.29. The Morgan fingerprint density at radius 2 is 1.94 bits per heavy atom. The quantitative estimate of drug-likeness (QED) is 0.415. The Labute approximate surface area is 197 Å². The number of alkyl halides is 1. The summed E-state index contributed by atoms with van der Waals surface area (Å²) in [5.74, 6) is 0.821. The van der Waals surface area contributed by atoms with Gasteiger partial charge in [-0.05, 0) is 78.2 Å². The number of hydrogen-bond donors (Lipinski definition) is 0. The van der Waals surface area contributed by atoms with Crippen LogP contribution in [0.3, 0.4) is 0 Å². The molecule has 0 aromatic carbocycles. The fraction of sp³-hybridized carbons (Fsp3) is 0.885. The van der Waals surface area contributed by atoms with Crippen molar-refractivity contribution in [1.82, 2.24) is 9.80 Å². The largest absolute Gasteiger partial charge is 0.446 e. The minimum Gasteiger partial charge on any atom is -0.446 e. The average Bonchev–Trinajstić information content (AvgIpc) is 3.66. The van der Waals surface area contributed by atoms with Crippen molar-refractivity contribution >= 4 is 6.09 Å². The molecule has 0 aromatic heterocycles. The maximum Gasteiger partial charge on any atom is 0.410 e. The minimum atomic E-state index is -0.617. The first-order chi connectivity index (χ1) is 15.8. The van der Waals surface area contributed by atoms with Gasteiger partial charge in [-0.25, -0.2) is 9.18 Å². The third kappa shape index (κ3) is 5.10. The normalized spacial score (nSPS) is 39.3. The van der Waals surface area contributed by atoms with Gasteiger partial charge < -0.3 is 24.0 Å². The number of carbonyl (C=O) groups excluding carboxylic acids is 1. The number of rotatable bonds is 7. The van der Waals surface area contributed by atoms with E-state index >= 15 is 0 Å². The molecule has 4 aliphatic heterocycles. The maximum absolute atomic E-state index is 13.3. The molecule has 33 heavy (non-hydrogen) atoms. The molecule has 1 amide bonds. The van der Waals surface area contributed by atoms with E-state index in [-0.39, 0.29) is 35.4 Å². The SMILES string of the molecule is CC(C)=CC[C@H]1O[C@]1(C)C1CC(OC(=O)N2CC(CCN3CCC(F)CC3)C2)CCC12CO2. The number of allylic oxidation sites excluding steroid dienone is 1. The van der Waals surface area contributed by atoms with Crippen molar-refractivity contribution in [3.63, 3.8) is 0 Å². The smallest absolute Gasteiger partial charge is 0.410 e. The number of halogens is 1. The van der Waals surface area contributed by atoms with Gasteiger partial charge in [-0.15, -0.1) is 0 Å². The third-order valence-corrected chi connectivity index (χ3v) is 8.80. The highest BCUT2D eigenvalue weighted by atomic mass is 19.1. The van der Waals surface area contributed by atoms with Gasteiger partial charge in [0.15, 0.2) is 0 Å². The van der Waals surface area contributed by atoms with Crippen molar-refractivity contribution in [3.05, 3.63) is 11.6 Å². The Bertz CT molecular complexity index is 753. The minimum absolute atomic E-state index is 0.0523. The van der Waals surface area contributed by atoms with Crippen molar-refractivity contribution in [2.24, 2.45) is 11.8 Å². The van der Waals surface area contributed by atoms with Crippen LogP contribution in [-0.4, -0.2) is 84.8 Å². The van der Waals surface area contributed by atoms with Gasteiger partial charge >= 0.3 is 6.09 Å². The van der Waals surface area contributed by atoms with Crippen LogP contribution in [0.15, 0.2) is 11.6 Å². The third-order valence-electron chi connectivity index (χ3n) is 8.80. The van der Waals surface area contributed by atoms with E-state index < -0.39 is 6.17 Å². The number of likely N-dealkylation sites (tertiary alicyclic amines) is 2. The summed E-state index contributed by atoms with van der Waals surface area (Å²) in [7, 11) is 0. The molecule has 5 fully saturated rings. The van der Waals surface area contributed by atoms with Crippen molar-refractivity contribution in [2.45, 2.75) is 95.3 Å². The van der Waals surface area contributed by atoms with Crippen LogP contribution in [0.4, 0.5) is 9.18 Å². The van der Waals surface area contributed by atoms with E-state index in [1.54, 1.807) is 0 Å². The summed E-state index contributed by atoms with van der Waals surface area (Å²) < 4.78 is 31.4. The van der Waals surface area contributed by atoms with Gasteiger partial charge in [0.2, 0.25) is 0 Å². The Balaban J connectivity index is 1.06. The fourth-order valence-electron chi connectivity index (χ4n) is 6.29. The van der Waals surface area contributed by atoms with Crippen molar-refractivity contribution in [1.29, 1.82) is 0 Å². The lowest BCUT2D eigenvalue weighted by atomic mass is 9.70. The summed E-state index contributed by atoms with van der Waals surface area (Å²) in [6.07, 6.45) is 7.65. The molecule has 186 valence electrons. The molecule has 4 saturated heterocycles. The molecule has 0 aromatic rings. The van der Waals surface area contributed by atoms with Crippen LogP contribution in [0.2, 0.25) is 0 Å². The highest BCUT2D eigenvalue weighted by Gasteiger charge is 2.68. The molecule has 1 aliphatic carbocycles. The number of hydrogen-bond acceptors (Lipinski definition) is 5. The first kappa shape index (κ1) is 23.6. The second-order valence-electron chi connectivity index (χ2n) is 11.6. The Morgan fingerprint density at radius 3 is 2.61 bits per heavy atom. The van der Waals surface area contributed by atoms with Crippen LogP contribution in [-0.2, 0) is 14.2 Å². The molecule has 4 heterocycles. The summed E-state index contributed by atoms with van der Waals surface area (Å²) in [5.41, 5.74) is 1.08. The topological polar surface area (TPSA) is 57.8 Å². The number of ether oxygens (including phenoxy) is 3. The molecule has 6 nitrogen and oxygen atoms in total. The maximum atomic E-state index is 13.3. The summed E-state index contributed by atoms with van der Waals surface area (Å²) >= 11 is 0. The van der Waals surface area contributed by atoms with E-state index in [0.29, 0.717) is 18.8 Å². The van der Waals surface area contributed by atoms with Gasteiger partial charge in [0.05, 0.1) is 23.9 Å². The van der Waals surface area contributed by atoms with E-state index in [1.807, 2.05) is 4.90 Å². The number of amides is 1. The molecular weight excluding hydrogens is 423 g/mol. The zero-order valence-electron chi connectivity index (χ0n) is 20.6. The standard InChI is InChI=1S/C26H41FN2O4/c1-18(2)4-5-23-25(3,33-23)22-14-21(6-10-26(22)17-31-26)32-24(30)29-15-19(16-29)7-11-28-12-8-20(27)9-13-28/h4,19-23H,5-17H2,1-3H3/t21?,22?,23-,25-,26?/m1/s1. The summed E-state index contributed by atoms with van der Waals surface area (Å²) in [6.45, 7) is 11.6. The van der Waals surface area contributed by atoms with Crippen LogP contribution in [0, 0.1) is 11.8 Å².